The third-order valence-corrected chi connectivity index (χ3v) is 6.67. The number of fused-ring (bicyclic) bond motifs is 1. The van der Waals surface area contributed by atoms with Crippen LogP contribution in [0, 0.1) is 12.8 Å². The zero-order chi connectivity index (χ0) is 29.4. The predicted molar refractivity (Wildman–Crippen MR) is 165 cm³/mol. The molecule has 1 aliphatic rings. The first kappa shape index (κ1) is 32.6. The minimum atomic E-state index is -0.0578. The molecule has 6 heteroatoms. The molecule has 0 saturated heterocycles. The standard InChI is InChI=1S/C22H32N2O3.C10H12O.C2H2/c1-5-23-22(2,3)17-27-20-11-9-18(10-12-20)16-24(13-14-25)19-7-6-8-21(15-19)26-4;11-10-6-5-8-3-1-2-4-9(8)7-10;1-2/h6-12,15,23,25H,5,13-14,16-17H2,1-4H3;5-7,11H,1-4H2;1-2H. The minimum Gasteiger partial charge on any atom is -0.508 e. The van der Waals surface area contributed by atoms with Crippen molar-refractivity contribution in [2.45, 2.75) is 58.5 Å². The van der Waals surface area contributed by atoms with Crippen molar-refractivity contribution in [3.05, 3.63) is 83.4 Å². The van der Waals surface area contributed by atoms with Gasteiger partial charge in [0.25, 0.3) is 0 Å². The molecule has 3 N–H and O–H groups in total. The van der Waals surface area contributed by atoms with E-state index in [-0.39, 0.29) is 12.1 Å². The highest BCUT2D eigenvalue weighted by atomic mass is 16.5. The van der Waals surface area contributed by atoms with Crippen LogP contribution in [0.2, 0.25) is 0 Å². The summed E-state index contributed by atoms with van der Waals surface area (Å²) in [6, 6.07) is 21.8. The Balaban J connectivity index is 0.000000355. The molecule has 216 valence electrons. The fourth-order valence-electron chi connectivity index (χ4n) is 4.65. The van der Waals surface area contributed by atoms with Crippen LogP contribution in [0.5, 0.6) is 17.2 Å². The second kappa shape index (κ2) is 17.1. The highest BCUT2D eigenvalue weighted by molar-refractivity contribution is 5.51. The Bertz CT molecular complexity index is 1160. The molecule has 0 spiro atoms. The summed E-state index contributed by atoms with van der Waals surface area (Å²) >= 11 is 0. The number of aliphatic hydroxyl groups is 1. The summed E-state index contributed by atoms with van der Waals surface area (Å²) in [6.07, 6.45) is 12.9. The molecule has 0 amide bonds. The van der Waals surface area contributed by atoms with Gasteiger partial charge in [-0.05, 0) is 99.2 Å². The fraction of sp³-hybridized carbons (Fsp3) is 0.412. The van der Waals surface area contributed by atoms with E-state index in [4.69, 9.17) is 9.47 Å². The van der Waals surface area contributed by atoms with Gasteiger partial charge in [-0.15, -0.1) is 12.8 Å². The van der Waals surface area contributed by atoms with Crippen LogP contribution >= 0.6 is 0 Å². The molecule has 0 heterocycles. The normalized spacial score (nSPS) is 12.1. The van der Waals surface area contributed by atoms with Crippen LogP contribution in [-0.2, 0) is 19.4 Å². The number of hydrogen-bond donors (Lipinski definition) is 3. The Kier molecular flexibility index (Phi) is 13.9. The zero-order valence-corrected chi connectivity index (χ0v) is 24.5. The molecule has 3 aromatic rings. The van der Waals surface area contributed by atoms with Crippen molar-refractivity contribution >= 4 is 5.69 Å². The Labute approximate surface area is 241 Å². The molecule has 40 heavy (non-hydrogen) atoms. The molecule has 0 fully saturated rings. The average molecular weight is 547 g/mol. The van der Waals surface area contributed by atoms with E-state index < -0.39 is 0 Å². The highest BCUT2D eigenvalue weighted by Crippen LogP contribution is 2.25. The molecule has 4 rings (SSSR count). The van der Waals surface area contributed by atoms with Gasteiger partial charge in [-0.2, -0.15) is 0 Å². The van der Waals surface area contributed by atoms with Gasteiger partial charge in [0, 0.05) is 30.4 Å². The molecule has 0 aromatic heterocycles. The lowest BCUT2D eigenvalue weighted by Crippen LogP contribution is -2.44. The topological polar surface area (TPSA) is 74.2 Å². The summed E-state index contributed by atoms with van der Waals surface area (Å²) < 4.78 is 11.2. The highest BCUT2D eigenvalue weighted by Gasteiger charge is 2.17. The van der Waals surface area contributed by atoms with Crippen molar-refractivity contribution in [3.63, 3.8) is 0 Å². The third-order valence-electron chi connectivity index (χ3n) is 6.67. The van der Waals surface area contributed by atoms with Crippen molar-refractivity contribution in [2.24, 2.45) is 0 Å². The predicted octanol–water partition coefficient (Wildman–Crippen LogP) is 5.98. The number of benzene rings is 3. The number of ether oxygens (including phenoxy) is 2. The molecule has 6 nitrogen and oxygen atoms in total. The van der Waals surface area contributed by atoms with Gasteiger partial charge in [0.05, 0.1) is 13.7 Å². The van der Waals surface area contributed by atoms with Crippen LogP contribution in [0.15, 0.2) is 66.7 Å². The van der Waals surface area contributed by atoms with Gasteiger partial charge in [-0.1, -0.05) is 31.2 Å². The van der Waals surface area contributed by atoms with Gasteiger partial charge in [-0.3, -0.25) is 0 Å². The second-order valence-electron chi connectivity index (χ2n) is 10.4. The molecule has 0 unspecified atom stereocenters. The number of phenolic OH excluding ortho intramolecular Hbond substituents is 1. The first-order valence-electron chi connectivity index (χ1n) is 13.9. The van der Waals surface area contributed by atoms with E-state index in [9.17, 15) is 10.2 Å². The van der Waals surface area contributed by atoms with Crippen molar-refractivity contribution < 1.29 is 19.7 Å². The maximum Gasteiger partial charge on any atom is 0.120 e. The average Bonchev–Trinajstić information content (AvgIpc) is 2.98. The third kappa shape index (κ3) is 10.8. The number of aliphatic hydroxyl groups excluding tert-OH is 1. The van der Waals surface area contributed by atoms with E-state index in [1.165, 1.54) is 30.4 Å². The summed E-state index contributed by atoms with van der Waals surface area (Å²) in [5, 5.41) is 22.0. The van der Waals surface area contributed by atoms with Gasteiger partial charge >= 0.3 is 0 Å². The van der Waals surface area contributed by atoms with Crippen LogP contribution in [0.3, 0.4) is 0 Å². The van der Waals surface area contributed by atoms with E-state index in [2.05, 4.69) is 56.0 Å². The quantitative estimate of drug-likeness (QED) is 0.257. The van der Waals surface area contributed by atoms with Crippen molar-refractivity contribution in [3.8, 4) is 30.1 Å². The monoisotopic (exact) mass is 546 g/mol. The number of hydrogen-bond acceptors (Lipinski definition) is 6. The molecular weight excluding hydrogens is 500 g/mol. The number of anilines is 1. The van der Waals surface area contributed by atoms with Gasteiger partial charge in [-0.25, -0.2) is 0 Å². The van der Waals surface area contributed by atoms with Gasteiger partial charge in [0.15, 0.2) is 0 Å². The summed E-state index contributed by atoms with van der Waals surface area (Å²) in [4.78, 5) is 2.13. The number of rotatable bonds is 11. The molecule has 0 saturated carbocycles. The van der Waals surface area contributed by atoms with Crippen LogP contribution in [0.25, 0.3) is 0 Å². The van der Waals surface area contributed by atoms with Crippen LogP contribution in [0.4, 0.5) is 5.69 Å². The van der Waals surface area contributed by atoms with E-state index in [1.807, 2.05) is 48.5 Å². The van der Waals surface area contributed by atoms with Crippen LogP contribution in [-0.4, -0.2) is 49.2 Å². The second-order valence-corrected chi connectivity index (χ2v) is 10.4. The zero-order valence-electron chi connectivity index (χ0n) is 24.5. The Morgan fingerprint density at radius 3 is 2.27 bits per heavy atom. The largest absolute Gasteiger partial charge is 0.508 e. The maximum atomic E-state index is 9.44. The first-order valence-corrected chi connectivity index (χ1v) is 13.9. The van der Waals surface area contributed by atoms with Gasteiger partial charge in [0.1, 0.15) is 23.9 Å². The summed E-state index contributed by atoms with van der Waals surface area (Å²) in [5.41, 5.74) is 4.89. The number of methoxy groups -OCH3 is 1. The van der Waals surface area contributed by atoms with Crippen molar-refractivity contribution in [1.29, 1.82) is 0 Å². The van der Waals surface area contributed by atoms with Crippen LogP contribution < -0.4 is 19.7 Å². The maximum absolute atomic E-state index is 9.44. The van der Waals surface area contributed by atoms with E-state index in [1.54, 1.807) is 13.2 Å². The number of aryl methyl sites for hydroxylation is 2. The Morgan fingerprint density at radius 2 is 1.62 bits per heavy atom. The van der Waals surface area contributed by atoms with E-state index in [0.717, 1.165) is 35.7 Å². The first-order chi connectivity index (χ1) is 19.3. The van der Waals surface area contributed by atoms with E-state index >= 15 is 0 Å². The van der Waals surface area contributed by atoms with Gasteiger partial charge in [0.2, 0.25) is 0 Å². The summed E-state index contributed by atoms with van der Waals surface area (Å²) in [7, 11) is 1.66. The fourth-order valence-corrected chi connectivity index (χ4v) is 4.65. The van der Waals surface area contributed by atoms with Crippen molar-refractivity contribution in [1.82, 2.24) is 5.32 Å². The lowest BCUT2D eigenvalue weighted by Gasteiger charge is -2.26. The SMILES string of the molecule is C#C.CCNC(C)(C)COc1ccc(CN(CCO)c2cccc(OC)c2)cc1.Oc1ccc2c(c1)CCCC2. The number of likely N-dealkylation sites (N-methyl/N-ethyl adjacent to an activating group) is 1. The minimum absolute atomic E-state index is 0.0578. The molecule has 0 bridgehead atoms. The van der Waals surface area contributed by atoms with E-state index in [0.29, 0.717) is 25.4 Å². The van der Waals surface area contributed by atoms with Gasteiger partial charge < -0.3 is 29.9 Å². The van der Waals surface area contributed by atoms with Crippen LogP contribution in [0.1, 0.15) is 50.3 Å². The number of phenols is 1. The molecule has 0 atom stereocenters. The Hall–Kier alpha value is -3.66. The lowest BCUT2D eigenvalue weighted by molar-refractivity contribution is 0.211. The molecule has 3 aromatic carbocycles. The smallest absolute Gasteiger partial charge is 0.120 e. The summed E-state index contributed by atoms with van der Waals surface area (Å²) in [5.74, 6) is 2.08. The molecule has 0 radical (unpaired) electrons. The Morgan fingerprint density at radius 1 is 0.925 bits per heavy atom. The molecule has 0 aliphatic heterocycles. The molecule has 1 aliphatic carbocycles. The number of nitrogens with zero attached hydrogens (tertiary/aromatic N) is 1. The summed E-state index contributed by atoms with van der Waals surface area (Å²) in [6.45, 7) is 9.24. The number of terminal acetylenes is 1. The number of aromatic hydroxyl groups is 1. The molecular formula is C34H46N2O4. The number of nitrogens with one attached hydrogen (secondary N) is 1. The lowest BCUT2D eigenvalue weighted by atomic mass is 9.92. The van der Waals surface area contributed by atoms with Crippen molar-refractivity contribution in [2.75, 3.05) is 38.3 Å².